The molecule has 1 saturated carbocycles. The summed E-state index contributed by atoms with van der Waals surface area (Å²) in [7, 11) is 0. The highest BCUT2D eigenvalue weighted by molar-refractivity contribution is 6.08. The van der Waals surface area contributed by atoms with E-state index in [-0.39, 0.29) is 30.0 Å². The molecule has 0 unspecified atom stereocenters. The van der Waals surface area contributed by atoms with E-state index in [1.54, 1.807) is 6.07 Å². The van der Waals surface area contributed by atoms with Crippen molar-refractivity contribution >= 4 is 22.7 Å². The van der Waals surface area contributed by atoms with Crippen LogP contribution in [0.1, 0.15) is 72.4 Å². The van der Waals surface area contributed by atoms with E-state index in [0.29, 0.717) is 23.0 Å². The molecule has 3 aromatic rings. The van der Waals surface area contributed by atoms with Crippen LogP contribution < -0.4 is 10.9 Å². The van der Waals surface area contributed by atoms with Crippen LogP contribution in [0.2, 0.25) is 0 Å². The lowest BCUT2D eigenvalue weighted by molar-refractivity contribution is -0.139. The zero-order valence-corrected chi connectivity index (χ0v) is 21.5. The van der Waals surface area contributed by atoms with Gasteiger partial charge in [-0.25, -0.2) is 0 Å². The molecule has 7 nitrogen and oxygen atoms in total. The number of hydrogen-bond donors (Lipinski definition) is 2. The first kappa shape index (κ1) is 24.3. The number of carbonyl (C=O) groups is 2. The molecule has 2 aliphatic rings. The highest BCUT2D eigenvalue weighted by Gasteiger charge is 2.34. The highest BCUT2D eigenvalue weighted by Crippen LogP contribution is 2.37. The molecule has 1 aliphatic heterocycles. The summed E-state index contributed by atoms with van der Waals surface area (Å²) < 4.78 is 2.30. The molecular weight excluding hydrogens is 452 g/mol. The number of pyridine rings is 1. The maximum Gasteiger partial charge on any atom is 0.254 e. The molecule has 190 valence electrons. The highest BCUT2D eigenvalue weighted by atomic mass is 16.2. The Kier molecular flexibility index (Phi) is 6.73. The molecule has 7 heteroatoms. The number of carbonyl (C=O) groups excluding carboxylic acids is 2. The molecule has 0 bridgehead atoms. The van der Waals surface area contributed by atoms with Gasteiger partial charge in [-0.05, 0) is 64.5 Å². The summed E-state index contributed by atoms with van der Waals surface area (Å²) in [5.74, 6) is 0.870. The van der Waals surface area contributed by atoms with Crippen molar-refractivity contribution in [3.05, 3.63) is 69.3 Å². The molecule has 0 spiro atoms. The van der Waals surface area contributed by atoms with Crippen molar-refractivity contribution in [1.82, 2.24) is 19.8 Å². The Morgan fingerprint density at radius 3 is 2.44 bits per heavy atom. The van der Waals surface area contributed by atoms with Gasteiger partial charge in [0, 0.05) is 59.4 Å². The zero-order chi connectivity index (χ0) is 25.4. The Morgan fingerprint density at radius 1 is 1.06 bits per heavy atom. The number of nitrogens with one attached hydrogen (secondary N) is 2. The molecule has 5 rings (SSSR count). The predicted octanol–water partition coefficient (Wildman–Crippen LogP) is 4.48. The molecule has 1 aliphatic carbocycles. The SMILES string of the molecule is Cc1ccc(CNC(=O)c2c(C)n([C@H](C)C3CCN(C(=O)C4CCC4)CC3)c3ccccc23)c(=O)[nH]1. The van der Waals surface area contributed by atoms with Gasteiger partial charge in [-0.2, -0.15) is 0 Å². The third-order valence-electron chi connectivity index (χ3n) is 8.35. The molecule has 3 heterocycles. The van der Waals surface area contributed by atoms with Crippen LogP contribution in [0.15, 0.2) is 41.2 Å². The molecule has 2 fully saturated rings. The first-order valence-electron chi connectivity index (χ1n) is 13.2. The van der Waals surface area contributed by atoms with Crippen LogP contribution in [-0.4, -0.2) is 39.4 Å². The smallest absolute Gasteiger partial charge is 0.254 e. The van der Waals surface area contributed by atoms with Crippen molar-refractivity contribution in [3.8, 4) is 0 Å². The minimum absolute atomic E-state index is 0.171. The number of para-hydroxylation sites is 1. The second-order valence-corrected chi connectivity index (χ2v) is 10.6. The fourth-order valence-corrected chi connectivity index (χ4v) is 5.93. The number of aromatic amines is 1. The van der Waals surface area contributed by atoms with E-state index in [2.05, 4.69) is 32.8 Å². The molecule has 2 amide bonds. The summed E-state index contributed by atoms with van der Waals surface area (Å²) in [6, 6.07) is 11.9. The van der Waals surface area contributed by atoms with E-state index in [9.17, 15) is 14.4 Å². The molecule has 2 N–H and O–H groups in total. The first-order chi connectivity index (χ1) is 17.3. The number of nitrogens with zero attached hydrogens (tertiary/aromatic N) is 2. The number of fused-ring (bicyclic) bond motifs is 1. The molecule has 0 radical (unpaired) electrons. The Balaban J connectivity index is 1.35. The number of likely N-dealkylation sites (tertiary alicyclic amines) is 1. The summed E-state index contributed by atoms with van der Waals surface area (Å²) >= 11 is 0. The quantitative estimate of drug-likeness (QED) is 0.536. The predicted molar refractivity (Wildman–Crippen MR) is 141 cm³/mol. The van der Waals surface area contributed by atoms with E-state index in [0.717, 1.165) is 61.1 Å². The Labute approximate surface area is 211 Å². The average Bonchev–Trinajstić information content (AvgIpc) is 3.13. The van der Waals surface area contributed by atoms with Crippen molar-refractivity contribution < 1.29 is 9.59 Å². The van der Waals surface area contributed by atoms with E-state index >= 15 is 0 Å². The standard InChI is InChI=1S/C29H36N4O3/c1-18-11-12-23(27(34)31-18)17-30-28(35)26-20(3)33(25-10-5-4-9-24(25)26)19(2)21-13-15-32(16-14-21)29(36)22-7-6-8-22/h4-5,9-12,19,21-22H,6-8,13-17H2,1-3H3,(H,30,35)(H,31,34)/t19-/m1/s1. The minimum Gasteiger partial charge on any atom is -0.348 e. The van der Waals surface area contributed by atoms with Gasteiger partial charge in [-0.15, -0.1) is 0 Å². The van der Waals surface area contributed by atoms with Gasteiger partial charge in [0.25, 0.3) is 11.5 Å². The van der Waals surface area contributed by atoms with Gasteiger partial charge in [-0.3, -0.25) is 14.4 Å². The summed E-state index contributed by atoms with van der Waals surface area (Å²) in [5.41, 5.74) is 3.80. The third kappa shape index (κ3) is 4.47. The Bertz CT molecular complexity index is 1340. The van der Waals surface area contributed by atoms with Gasteiger partial charge in [0.1, 0.15) is 0 Å². The second-order valence-electron chi connectivity index (χ2n) is 10.6. The maximum atomic E-state index is 13.4. The Hall–Kier alpha value is -3.35. The lowest BCUT2D eigenvalue weighted by Gasteiger charge is -2.39. The fourth-order valence-electron chi connectivity index (χ4n) is 5.93. The van der Waals surface area contributed by atoms with Crippen LogP contribution in [-0.2, 0) is 11.3 Å². The summed E-state index contributed by atoms with van der Waals surface area (Å²) in [5, 5.41) is 3.89. The maximum absolute atomic E-state index is 13.4. The van der Waals surface area contributed by atoms with Gasteiger partial charge in [0.05, 0.1) is 5.56 Å². The number of H-pyrrole nitrogens is 1. The largest absolute Gasteiger partial charge is 0.348 e. The molecule has 1 atom stereocenters. The van der Waals surface area contributed by atoms with Crippen LogP contribution in [0.4, 0.5) is 0 Å². The molecule has 1 saturated heterocycles. The van der Waals surface area contributed by atoms with Crippen molar-refractivity contribution in [2.24, 2.45) is 11.8 Å². The van der Waals surface area contributed by atoms with Crippen LogP contribution in [0.5, 0.6) is 0 Å². The normalized spacial score (nSPS) is 17.7. The van der Waals surface area contributed by atoms with Crippen LogP contribution >= 0.6 is 0 Å². The van der Waals surface area contributed by atoms with Crippen LogP contribution in [0.25, 0.3) is 10.9 Å². The minimum atomic E-state index is -0.176. The lowest BCUT2D eigenvalue weighted by atomic mass is 9.83. The van der Waals surface area contributed by atoms with Gasteiger partial charge in [0.15, 0.2) is 0 Å². The Morgan fingerprint density at radius 2 is 1.78 bits per heavy atom. The van der Waals surface area contributed by atoms with E-state index in [4.69, 9.17) is 0 Å². The number of piperidine rings is 1. The van der Waals surface area contributed by atoms with Crippen molar-refractivity contribution in [1.29, 1.82) is 0 Å². The van der Waals surface area contributed by atoms with E-state index in [1.165, 1.54) is 6.42 Å². The van der Waals surface area contributed by atoms with Crippen molar-refractivity contribution in [3.63, 3.8) is 0 Å². The number of hydrogen-bond acceptors (Lipinski definition) is 3. The monoisotopic (exact) mass is 488 g/mol. The summed E-state index contributed by atoms with van der Waals surface area (Å²) in [6.45, 7) is 7.90. The van der Waals surface area contributed by atoms with Crippen LogP contribution in [0, 0.1) is 25.7 Å². The average molecular weight is 489 g/mol. The van der Waals surface area contributed by atoms with Gasteiger partial charge < -0.3 is 19.8 Å². The molecule has 2 aromatic heterocycles. The second kappa shape index (κ2) is 9.96. The van der Waals surface area contributed by atoms with Crippen molar-refractivity contribution in [2.75, 3.05) is 13.1 Å². The molecule has 1 aromatic carbocycles. The van der Waals surface area contributed by atoms with E-state index in [1.807, 2.05) is 38.1 Å². The zero-order valence-electron chi connectivity index (χ0n) is 21.5. The van der Waals surface area contributed by atoms with Gasteiger partial charge in [0.2, 0.25) is 5.91 Å². The molecule has 36 heavy (non-hydrogen) atoms. The number of benzene rings is 1. The third-order valence-corrected chi connectivity index (χ3v) is 8.35. The topological polar surface area (TPSA) is 87.2 Å². The number of aryl methyl sites for hydroxylation is 1. The van der Waals surface area contributed by atoms with Gasteiger partial charge >= 0.3 is 0 Å². The number of rotatable bonds is 6. The summed E-state index contributed by atoms with van der Waals surface area (Å²) in [4.78, 5) is 43.1. The first-order valence-corrected chi connectivity index (χ1v) is 13.2. The lowest BCUT2D eigenvalue weighted by Crippen LogP contribution is -2.44. The summed E-state index contributed by atoms with van der Waals surface area (Å²) in [6.07, 6.45) is 5.23. The number of amides is 2. The van der Waals surface area contributed by atoms with Crippen LogP contribution in [0.3, 0.4) is 0 Å². The molecular formula is C29H36N4O3. The van der Waals surface area contributed by atoms with Gasteiger partial charge in [-0.1, -0.05) is 30.7 Å². The van der Waals surface area contributed by atoms with Crippen molar-refractivity contribution in [2.45, 2.75) is 65.5 Å². The number of aromatic nitrogens is 2. The fraction of sp³-hybridized carbons (Fsp3) is 0.483. The van der Waals surface area contributed by atoms with E-state index < -0.39 is 0 Å².